The summed E-state index contributed by atoms with van der Waals surface area (Å²) in [6.45, 7) is 5.07. The molecule has 2 aromatic carbocycles. The van der Waals surface area contributed by atoms with Crippen molar-refractivity contribution in [1.82, 2.24) is 14.7 Å². The SMILES string of the molecule is CCCC[C@@H](CC)CN1C(=O)/C(=C\c2cn(-c3ccccc3)nc2-c2ccc(OC)cc2)SC1=S. The summed E-state index contributed by atoms with van der Waals surface area (Å²) in [5.74, 6) is 1.24. The zero-order valence-corrected chi connectivity index (χ0v) is 22.1. The maximum Gasteiger partial charge on any atom is 0.266 e. The van der Waals surface area contributed by atoms with Crippen LogP contribution < -0.4 is 4.74 Å². The zero-order valence-electron chi connectivity index (χ0n) is 20.4. The smallest absolute Gasteiger partial charge is 0.266 e. The summed E-state index contributed by atoms with van der Waals surface area (Å²) in [6, 6.07) is 17.8. The maximum atomic E-state index is 13.4. The predicted octanol–water partition coefficient (Wildman–Crippen LogP) is 6.97. The van der Waals surface area contributed by atoms with E-state index < -0.39 is 0 Å². The van der Waals surface area contributed by atoms with Crippen LogP contribution in [0.1, 0.15) is 45.1 Å². The third-order valence-electron chi connectivity index (χ3n) is 6.27. The second kappa shape index (κ2) is 11.7. The third-order valence-corrected chi connectivity index (χ3v) is 7.65. The number of unbranched alkanes of at least 4 members (excludes halogenated alkanes) is 1. The number of para-hydroxylation sites is 1. The second-order valence-electron chi connectivity index (χ2n) is 8.65. The van der Waals surface area contributed by atoms with Crippen LogP contribution in [-0.2, 0) is 4.79 Å². The Balaban J connectivity index is 1.67. The number of aromatic nitrogens is 2. The number of benzene rings is 2. The van der Waals surface area contributed by atoms with Crippen molar-refractivity contribution in [3.8, 4) is 22.7 Å². The highest BCUT2D eigenvalue weighted by Crippen LogP contribution is 2.36. The predicted molar refractivity (Wildman–Crippen MR) is 149 cm³/mol. The van der Waals surface area contributed by atoms with Crippen LogP contribution in [0.2, 0.25) is 0 Å². The van der Waals surface area contributed by atoms with Gasteiger partial charge < -0.3 is 4.74 Å². The fourth-order valence-corrected chi connectivity index (χ4v) is 5.42. The van der Waals surface area contributed by atoms with Crippen molar-refractivity contribution in [3.63, 3.8) is 0 Å². The molecule has 1 amide bonds. The minimum atomic E-state index is -0.0110. The number of thioether (sulfide) groups is 1. The fraction of sp³-hybridized carbons (Fsp3) is 0.321. The number of hydrogen-bond donors (Lipinski definition) is 0. The van der Waals surface area contributed by atoms with E-state index in [-0.39, 0.29) is 5.91 Å². The number of ether oxygens (including phenoxy) is 1. The minimum absolute atomic E-state index is 0.0110. The lowest BCUT2D eigenvalue weighted by Gasteiger charge is -2.21. The number of carbonyl (C=O) groups is 1. The summed E-state index contributed by atoms with van der Waals surface area (Å²) in [5, 5.41) is 4.87. The Morgan fingerprint density at radius 2 is 1.86 bits per heavy atom. The molecule has 0 bridgehead atoms. The average Bonchev–Trinajstić information content (AvgIpc) is 3.43. The highest BCUT2D eigenvalue weighted by molar-refractivity contribution is 8.26. The van der Waals surface area contributed by atoms with Gasteiger partial charge in [0.2, 0.25) is 0 Å². The van der Waals surface area contributed by atoms with Crippen molar-refractivity contribution < 1.29 is 9.53 Å². The number of amides is 1. The van der Waals surface area contributed by atoms with Crippen LogP contribution in [0, 0.1) is 5.92 Å². The molecule has 1 atom stereocenters. The molecule has 0 spiro atoms. The summed E-state index contributed by atoms with van der Waals surface area (Å²) in [5.41, 5.74) is 3.58. The van der Waals surface area contributed by atoms with E-state index in [1.807, 2.05) is 71.6 Å². The molecule has 0 unspecified atom stereocenters. The fourth-order valence-electron chi connectivity index (χ4n) is 4.15. The van der Waals surface area contributed by atoms with Crippen molar-refractivity contribution in [3.05, 3.63) is 71.3 Å². The number of rotatable bonds is 10. The number of thiocarbonyl (C=S) groups is 1. The van der Waals surface area contributed by atoms with Crippen molar-refractivity contribution in [1.29, 1.82) is 0 Å². The molecule has 2 heterocycles. The van der Waals surface area contributed by atoms with Crippen LogP contribution in [0.3, 0.4) is 0 Å². The molecule has 1 aliphatic heterocycles. The zero-order chi connectivity index (χ0) is 24.8. The molecule has 0 aliphatic carbocycles. The molecule has 7 heteroatoms. The van der Waals surface area contributed by atoms with Gasteiger partial charge in [-0.3, -0.25) is 9.69 Å². The monoisotopic (exact) mass is 505 g/mol. The number of hydrogen-bond acceptors (Lipinski definition) is 5. The van der Waals surface area contributed by atoms with Crippen molar-refractivity contribution in [2.24, 2.45) is 5.92 Å². The largest absolute Gasteiger partial charge is 0.497 e. The van der Waals surface area contributed by atoms with Gasteiger partial charge in [0.25, 0.3) is 5.91 Å². The Hall–Kier alpha value is -2.90. The van der Waals surface area contributed by atoms with Gasteiger partial charge in [0.1, 0.15) is 10.1 Å². The molecule has 4 rings (SSSR count). The van der Waals surface area contributed by atoms with E-state index in [4.69, 9.17) is 22.1 Å². The molecular formula is C28H31N3O2S2. The molecule has 1 aromatic heterocycles. The van der Waals surface area contributed by atoms with Crippen molar-refractivity contribution in [2.45, 2.75) is 39.5 Å². The minimum Gasteiger partial charge on any atom is -0.497 e. The number of nitrogens with zero attached hydrogens (tertiary/aromatic N) is 3. The lowest BCUT2D eigenvalue weighted by molar-refractivity contribution is -0.122. The van der Waals surface area contributed by atoms with Gasteiger partial charge in [-0.05, 0) is 54.8 Å². The van der Waals surface area contributed by atoms with Crippen LogP contribution in [0.5, 0.6) is 5.75 Å². The first-order chi connectivity index (χ1) is 17.0. The summed E-state index contributed by atoms with van der Waals surface area (Å²) < 4.78 is 7.80. The van der Waals surface area contributed by atoms with Gasteiger partial charge >= 0.3 is 0 Å². The first-order valence-electron chi connectivity index (χ1n) is 12.1. The van der Waals surface area contributed by atoms with Gasteiger partial charge in [-0.2, -0.15) is 5.10 Å². The number of carbonyl (C=O) groups excluding carboxylic acids is 1. The van der Waals surface area contributed by atoms with E-state index in [9.17, 15) is 4.79 Å². The van der Waals surface area contributed by atoms with E-state index in [0.717, 1.165) is 47.5 Å². The molecule has 182 valence electrons. The molecule has 0 N–H and O–H groups in total. The molecule has 5 nitrogen and oxygen atoms in total. The van der Waals surface area contributed by atoms with Crippen LogP contribution >= 0.6 is 24.0 Å². The Morgan fingerprint density at radius 3 is 2.51 bits per heavy atom. The Bertz CT molecular complexity index is 1200. The molecule has 1 saturated heterocycles. The Labute approximate surface area is 217 Å². The Kier molecular flexibility index (Phi) is 8.42. The molecule has 1 aliphatic rings. The molecule has 35 heavy (non-hydrogen) atoms. The highest BCUT2D eigenvalue weighted by atomic mass is 32.2. The normalized spacial score (nSPS) is 15.7. The summed E-state index contributed by atoms with van der Waals surface area (Å²) in [4.78, 5) is 15.8. The van der Waals surface area contributed by atoms with Gasteiger partial charge in [0, 0.05) is 23.9 Å². The van der Waals surface area contributed by atoms with Crippen LogP contribution in [0.25, 0.3) is 23.0 Å². The van der Waals surface area contributed by atoms with Gasteiger partial charge in [0.05, 0.1) is 23.4 Å². The van der Waals surface area contributed by atoms with Crippen LogP contribution in [0.4, 0.5) is 0 Å². The van der Waals surface area contributed by atoms with E-state index in [1.165, 1.54) is 18.2 Å². The first-order valence-corrected chi connectivity index (χ1v) is 13.3. The van der Waals surface area contributed by atoms with Gasteiger partial charge in [-0.25, -0.2) is 4.68 Å². The number of methoxy groups -OCH3 is 1. The lowest BCUT2D eigenvalue weighted by Crippen LogP contribution is -2.33. The van der Waals surface area contributed by atoms with E-state index in [2.05, 4.69) is 13.8 Å². The Morgan fingerprint density at radius 1 is 1.11 bits per heavy atom. The molecule has 0 radical (unpaired) electrons. The summed E-state index contributed by atoms with van der Waals surface area (Å²) in [7, 11) is 1.65. The average molecular weight is 506 g/mol. The molecule has 0 saturated carbocycles. The molecule has 1 fully saturated rings. The first kappa shape index (κ1) is 25.2. The summed E-state index contributed by atoms with van der Waals surface area (Å²) >= 11 is 7.00. The molecule has 3 aromatic rings. The molecular weight excluding hydrogens is 474 g/mol. The van der Waals surface area contributed by atoms with Crippen LogP contribution in [-0.4, -0.2) is 38.6 Å². The van der Waals surface area contributed by atoms with Crippen LogP contribution in [0.15, 0.2) is 65.7 Å². The third kappa shape index (κ3) is 5.85. The van der Waals surface area contributed by atoms with Crippen molar-refractivity contribution in [2.75, 3.05) is 13.7 Å². The second-order valence-corrected chi connectivity index (χ2v) is 10.3. The standard InChI is InChI=1S/C28H31N3O2S2/c1-4-6-10-20(5-2)18-30-27(32)25(35-28(30)34)17-22-19-31(23-11-8-7-9-12-23)29-26(22)21-13-15-24(33-3)16-14-21/h7-9,11-17,19-20H,4-6,10,18H2,1-3H3/b25-17+/t20-/m1/s1. The quantitative estimate of drug-likeness (QED) is 0.220. The van der Waals surface area contributed by atoms with Gasteiger partial charge in [-0.15, -0.1) is 0 Å². The highest BCUT2D eigenvalue weighted by Gasteiger charge is 2.33. The van der Waals surface area contributed by atoms with Gasteiger partial charge in [-0.1, -0.05) is 75.3 Å². The summed E-state index contributed by atoms with van der Waals surface area (Å²) in [6.07, 6.45) is 8.40. The van der Waals surface area contributed by atoms with Crippen molar-refractivity contribution >= 4 is 40.3 Å². The maximum absolute atomic E-state index is 13.4. The topological polar surface area (TPSA) is 47.4 Å². The van der Waals surface area contributed by atoms with Gasteiger partial charge in [0.15, 0.2) is 0 Å². The van der Waals surface area contributed by atoms with E-state index >= 15 is 0 Å². The van der Waals surface area contributed by atoms with E-state index in [1.54, 1.807) is 12.0 Å². The lowest BCUT2D eigenvalue weighted by atomic mass is 9.99. The van der Waals surface area contributed by atoms with E-state index in [0.29, 0.717) is 21.7 Å².